The molecule has 1 atom stereocenters. The van der Waals surface area contributed by atoms with Crippen LogP contribution >= 0.6 is 23.2 Å². The number of aromatic nitrogens is 1. The first-order valence-corrected chi connectivity index (χ1v) is 9.28. The van der Waals surface area contributed by atoms with E-state index in [1.54, 1.807) is 24.4 Å². The third kappa shape index (κ3) is 3.58. The SMILES string of the molecule is O=C(O)c1cc(Cl)ccc1Nc1c([C@@H]2CCCO2)cnc2ccc(Cl)cc12. The molecule has 5 nitrogen and oxygen atoms in total. The van der Waals surface area contributed by atoms with Gasteiger partial charge in [-0.1, -0.05) is 23.2 Å². The molecule has 1 fully saturated rings. The highest BCUT2D eigenvalue weighted by atomic mass is 35.5. The van der Waals surface area contributed by atoms with Gasteiger partial charge in [-0.25, -0.2) is 4.79 Å². The lowest BCUT2D eigenvalue weighted by Crippen LogP contribution is -2.07. The summed E-state index contributed by atoms with van der Waals surface area (Å²) in [5.41, 5.74) is 2.92. The Bertz CT molecular complexity index is 1030. The highest BCUT2D eigenvalue weighted by Gasteiger charge is 2.24. The van der Waals surface area contributed by atoms with E-state index in [9.17, 15) is 9.90 Å². The van der Waals surface area contributed by atoms with Gasteiger partial charge >= 0.3 is 5.97 Å². The summed E-state index contributed by atoms with van der Waals surface area (Å²) < 4.78 is 5.84. The van der Waals surface area contributed by atoms with Gasteiger partial charge < -0.3 is 15.2 Å². The van der Waals surface area contributed by atoms with Crippen LogP contribution in [0.3, 0.4) is 0 Å². The van der Waals surface area contributed by atoms with Gasteiger partial charge in [0.2, 0.25) is 0 Å². The Labute approximate surface area is 165 Å². The van der Waals surface area contributed by atoms with E-state index in [0.717, 1.165) is 35.0 Å². The van der Waals surface area contributed by atoms with Crippen LogP contribution in [0.15, 0.2) is 42.6 Å². The first kappa shape index (κ1) is 18.0. The molecule has 0 radical (unpaired) electrons. The zero-order valence-corrected chi connectivity index (χ0v) is 15.7. The van der Waals surface area contributed by atoms with Crippen molar-refractivity contribution in [1.29, 1.82) is 0 Å². The van der Waals surface area contributed by atoms with E-state index < -0.39 is 5.97 Å². The number of hydrogen-bond acceptors (Lipinski definition) is 4. The average Bonchev–Trinajstić information content (AvgIpc) is 3.17. The zero-order valence-electron chi connectivity index (χ0n) is 14.2. The molecule has 0 spiro atoms. The summed E-state index contributed by atoms with van der Waals surface area (Å²) in [6.07, 6.45) is 3.54. The van der Waals surface area contributed by atoms with Crippen LogP contribution in [0.4, 0.5) is 11.4 Å². The van der Waals surface area contributed by atoms with Crippen molar-refractivity contribution in [2.45, 2.75) is 18.9 Å². The van der Waals surface area contributed by atoms with Crippen LogP contribution in [0.1, 0.15) is 34.9 Å². The summed E-state index contributed by atoms with van der Waals surface area (Å²) in [6, 6.07) is 10.2. The molecule has 0 bridgehead atoms. The largest absolute Gasteiger partial charge is 0.478 e. The van der Waals surface area contributed by atoms with Crippen molar-refractivity contribution >= 4 is 51.4 Å². The number of nitrogens with one attached hydrogen (secondary N) is 1. The molecule has 0 saturated carbocycles. The number of aromatic carboxylic acids is 1. The first-order chi connectivity index (χ1) is 13.0. The van der Waals surface area contributed by atoms with Crippen LogP contribution < -0.4 is 5.32 Å². The summed E-state index contributed by atoms with van der Waals surface area (Å²) in [5.74, 6) is -1.06. The highest BCUT2D eigenvalue weighted by Crippen LogP contribution is 2.39. The number of carboxylic acids is 1. The minimum absolute atomic E-state index is 0.0905. The van der Waals surface area contributed by atoms with Crippen LogP contribution in [0.25, 0.3) is 10.9 Å². The van der Waals surface area contributed by atoms with Crippen molar-refractivity contribution < 1.29 is 14.6 Å². The van der Waals surface area contributed by atoms with Crippen molar-refractivity contribution in [3.63, 3.8) is 0 Å². The lowest BCUT2D eigenvalue weighted by atomic mass is 10.0. The molecule has 2 N–H and O–H groups in total. The third-order valence-corrected chi connectivity index (χ3v) is 5.08. The van der Waals surface area contributed by atoms with Crippen molar-refractivity contribution in [2.24, 2.45) is 0 Å². The molecule has 138 valence electrons. The van der Waals surface area contributed by atoms with Crippen LogP contribution in [-0.4, -0.2) is 22.7 Å². The normalized spacial score (nSPS) is 16.6. The number of fused-ring (bicyclic) bond motifs is 1. The maximum absolute atomic E-state index is 11.7. The van der Waals surface area contributed by atoms with Crippen LogP contribution in [0.2, 0.25) is 10.0 Å². The number of rotatable bonds is 4. The number of carboxylic acid groups (broad SMARTS) is 1. The van der Waals surface area contributed by atoms with Gasteiger partial charge in [0.15, 0.2) is 0 Å². The fraction of sp³-hybridized carbons (Fsp3) is 0.200. The van der Waals surface area contributed by atoms with Crippen molar-refractivity contribution in [1.82, 2.24) is 4.98 Å². The van der Waals surface area contributed by atoms with E-state index in [4.69, 9.17) is 27.9 Å². The van der Waals surface area contributed by atoms with E-state index in [0.29, 0.717) is 22.3 Å². The van der Waals surface area contributed by atoms with Crippen molar-refractivity contribution in [3.05, 3.63) is 63.8 Å². The number of benzene rings is 2. The second-order valence-electron chi connectivity index (χ2n) is 6.37. The Morgan fingerprint density at radius 1 is 1.19 bits per heavy atom. The fourth-order valence-corrected chi connectivity index (χ4v) is 3.67. The van der Waals surface area contributed by atoms with E-state index in [1.165, 1.54) is 6.07 Å². The minimum Gasteiger partial charge on any atom is -0.478 e. The average molecular weight is 403 g/mol. The standard InChI is InChI=1S/C20H16Cl2N2O3/c21-11-3-5-16-13(8-11)19(15(10-23-16)18-2-1-7-27-18)24-17-6-4-12(22)9-14(17)20(25)26/h3-6,8-10,18H,1-2,7H2,(H,23,24)(H,25,26)/t18-/m0/s1. The Hall–Kier alpha value is -2.34. The molecule has 2 aromatic carbocycles. The molecule has 7 heteroatoms. The van der Waals surface area contributed by atoms with Crippen LogP contribution in [0.5, 0.6) is 0 Å². The smallest absolute Gasteiger partial charge is 0.337 e. The maximum atomic E-state index is 11.7. The lowest BCUT2D eigenvalue weighted by Gasteiger charge is -2.19. The zero-order chi connectivity index (χ0) is 19.0. The number of ether oxygens (including phenoxy) is 1. The summed E-state index contributed by atoms with van der Waals surface area (Å²) in [4.78, 5) is 16.2. The van der Waals surface area contributed by atoms with E-state index in [2.05, 4.69) is 10.3 Å². The second-order valence-corrected chi connectivity index (χ2v) is 7.24. The molecular weight excluding hydrogens is 387 g/mol. The Kier molecular flexibility index (Phi) is 4.91. The summed E-state index contributed by atoms with van der Waals surface area (Å²) >= 11 is 12.2. The molecular formula is C20H16Cl2N2O3. The minimum atomic E-state index is -1.06. The van der Waals surface area contributed by atoms with E-state index in [-0.39, 0.29) is 11.7 Å². The lowest BCUT2D eigenvalue weighted by molar-refractivity contribution is 0.0698. The summed E-state index contributed by atoms with van der Waals surface area (Å²) in [5, 5.41) is 14.6. The van der Waals surface area contributed by atoms with E-state index >= 15 is 0 Å². The molecule has 3 aromatic rings. The van der Waals surface area contributed by atoms with Gasteiger partial charge in [0, 0.05) is 33.8 Å². The summed E-state index contributed by atoms with van der Waals surface area (Å²) in [7, 11) is 0. The molecule has 0 unspecified atom stereocenters. The third-order valence-electron chi connectivity index (χ3n) is 4.61. The molecule has 1 aliphatic rings. The van der Waals surface area contributed by atoms with Gasteiger partial charge in [0.25, 0.3) is 0 Å². The highest BCUT2D eigenvalue weighted by molar-refractivity contribution is 6.31. The summed E-state index contributed by atoms with van der Waals surface area (Å²) in [6.45, 7) is 0.693. The number of pyridine rings is 1. The number of nitrogens with zero attached hydrogens (tertiary/aromatic N) is 1. The predicted octanol–water partition coefficient (Wildman–Crippen LogP) is 5.83. The van der Waals surface area contributed by atoms with Gasteiger partial charge in [0.05, 0.1) is 28.6 Å². The molecule has 1 saturated heterocycles. The first-order valence-electron chi connectivity index (χ1n) is 8.52. The Morgan fingerprint density at radius 3 is 2.70 bits per heavy atom. The molecule has 2 heterocycles. The van der Waals surface area contributed by atoms with Gasteiger partial charge in [-0.15, -0.1) is 0 Å². The molecule has 0 amide bonds. The Balaban J connectivity index is 1.90. The number of halogens is 2. The Morgan fingerprint density at radius 2 is 1.96 bits per heavy atom. The van der Waals surface area contributed by atoms with Gasteiger partial charge in [-0.2, -0.15) is 0 Å². The number of anilines is 2. The second kappa shape index (κ2) is 7.35. The number of hydrogen-bond donors (Lipinski definition) is 2. The van der Waals surface area contributed by atoms with Crippen molar-refractivity contribution in [3.8, 4) is 0 Å². The predicted molar refractivity (Wildman–Crippen MR) is 106 cm³/mol. The number of carbonyl (C=O) groups is 1. The molecule has 1 aliphatic heterocycles. The van der Waals surface area contributed by atoms with Crippen molar-refractivity contribution in [2.75, 3.05) is 11.9 Å². The monoisotopic (exact) mass is 402 g/mol. The van der Waals surface area contributed by atoms with Gasteiger partial charge in [0.1, 0.15) is 0 Å². The molecule has 4 rings (SSSR count). The van der Waals surface area contributed by atoms with Gasteiger partial charge in [-0.05, 0) is 49.2 Å². The van der Waals surface area contributed by atoms with Gasteiger partial charge in [-0.3, -0.25) is 4.98 Å². The fourth-order valence-electron chi connectivity index (χ4n) is 3.32. The molecule has 27 heavy (non-hydrogen) atoms. The maximum Gasteiger partial charge on any atom is 0.337 e. The van der Waals surface area contributed by atoms with Crippen LogP contribution in [-0.2, 0) is 4.74 Å². The molecule has 0 aliphatic carbocycles. The molecule has 1 aromatic heterocycles. The quantitative estimate of drug-likeness (QED) is 0.573. The van der Waals surface area contributed by atoms with Crippen LogP contribution in [0, 0.1) is 0 Å². The van der Waals surface area contributed by atoms with E-state index in [1.807, 2.05) is 12.1 Å². The topological polar surface area (TPSA) is 71.5 Å².